The lowest BCUT2D eigenvalue weighted by atomic mass is 10.0. The zero-order valence-corrected chi connectivity index (χ0v) is 25.9. The highest BCUT2D eigenvalue weighted by molar-refractivity contribution is 7.89. The van der Waals surface area contributed by atoms with Gasteiger partial charge >= 0.3 is 5.97 Å². The molecule has 1 heterocycles. The molecule has 1 aromatic heterocycles. The number of carbonyl (C=O) groups is 2. The van der Waals surface area contributed by atoms with Crippen molar-refractivity contribution < 1.29 is 23.1 Å². The van der Waals surface area contributed by atoms with Crippen molar-refractivity contribution in [2.24, 2.45) is 0 Å². The van der Waals surface area contributed by atoms with Crippen LogP contribution >= 0.6 is 22.9 Å². The van der Waals surface area contributed by atoms with E-state index >= 15 is 0 Å². The Morgan fingerprint density at radius 2 is 1.50 bits per heavy atom. The largest absolute Gasteiger partial charge is 0.480 e. The molecule has 1 amide bonds. The molecule has 3 N–H and O–H groups in total. The molecule has 0 aliphatic rings. The minimum Gasteiger partial charge on any atom is -0.480 e. The molecule has 0 aliphatic heterocycles. The van der Waals surface area contributed by atoms with Crippen molar-refractivity contribution in [1.82, 2.24) is 9.71 Å². The molecule has 0 unspecified atom stereocenters. The van der Waals surface area contributed by atoms with Crippen molar-refractivity contribution in [3.8, 4) is 21.7 Å². The highest BCUT2D eigenvalue weighted by Crippen LogP contribution is 2.39. The van der Waals surface area contributed by atoms with Gasteiger partial charge in [0.15, 0.2) is 5.13 Å². The first kappa shape index (κ1) is 31.1. The Hall–Kier alpha value is -4.35. The summed E-state index contributed by atoms with van der Waals surface area (Å²) in [6.45, 7) is 2.09. The van der Waals surface area contributed by atoms with E-state index in [0.29, 0.717) is 21.4 Å². The second kappa shape index (κ2) is 13.5. The number of thiazole rings is 1. The van der Waals surface area contributed by atoms with Crippen LogP contribution < -0.4 is 10.0 Å². The fourth-order valence-electron chi connectivity index (χ4n) is 4.50. The van der Waals surface area contributed by atoms with Crippen molar-refractivity contribution in [1.29, 1.82) is 0 Å². The van der Waals surface area contributed by atoms with Gasteiger partial charge in [0, 0.05) is 16.1 Å². The Balaban J connectivity index is 1.35. The van der Waals surface area contributed by atoms with Crippen LogP contribution in [0.2, 0.25) is 5.02 Å². The molecule has 0 aliphatic carbocycles. The number of benzene rings is 4. The number of aromatic nitrogens is 1. The second-order valence-corrected chi connectivity index (χ2v) is 13.1. The number of carboxylic acids is 1. The maximum Gasteiger partial charge on any atom is 0.322 e. The molecule has 5 rings (SSSR count). The van der Waals surface area contributed by atoms with Gasteiger partial charge in [-0.1, -0.05) is 96.6 Å². The number of hydrogen-bond acceptors (Lipinski definition) is 6. The number of nitrogens with zero attached hydrogens (tertiary/aromatic N) is 1. The van der Waals surface area contributed by atoms with E-state index in [1.807, 2.05) is 24.3 Å². The molecular weight excluding hydrogens is 618 g/mol. The molecule has 0 saturated heterocycles. The SMILES string of the molecule is CCc1ccc(-c2sc(NC(=O)c3ccc(S(=O)(=O)N[C@@H](Cc4ccccc4)C(=O)O)cc3)nc2-c2ccc(Cl)cc2)cc1. The average molecular weight is 646 g/mol. The van der Waals surface area contributed by atoms with Crippen LogP contribution in [0, 0.1) is 0 Å². The van der Waals surface area contributed by atoms with E-state index in [0.717, 1.165) is 22.4 Å². The number of sulfonamides is 1. The van der Waals surface area contributed by atoms with E-state index in [1.165, 1.54) is 41.2 Å². The molecular formula is C33H28ClN3O5S2. The van der Waals surface area contributed by atoms with Gasteiger partial charge in [-0.25, -0.2) is 13.4 Å². The smallest absolute Gasteiger partial charge is 0.322 e. The maximum atomic E-state index is 13.2. The minimum absolute atomic E-state index is 0.0214. The van der Waals surface area contributed by atoms with Crippen molar-refractivity contribution in [3.05, 3.63) is 125 Å². The van der Waals surface area contributed by atoms with Gasteiger partial charge < -0.3 is 5.11 Å². The summed E-state index contributed by atoms with van der Waals surface area (Å²) in [4.78, 5) is 30.4. The fraction of sp³-hybridized carbons (Fsp3) is 0.121. The van der Waals surface area contributed by atoms with Gasteiger partial charge in [-0.05, 0) is 65.9 Å². The summed E-state index contributed by atoms with van der Waals surface area (Å²) in [5.74, 6) is -1.77. The van der Waals surface area contributed by atoms with Crippen molar-refractivity contribution in [3.63, 3.8) is 0 Å². The van der Waals surface area contributed by atoms with E-state index in [-0.39, 0.29) is 16.9 Å². The van der Waals surface area contributed by atoms with Gasteiger partial charge in [0.2, 0.25) is 10.0 Å². The normalized spacial score (nSPS) is 12.0. The number of amides is 1. The lowest BCUT2D eigenvalue weighted by Gasteiger charge is -2.15. The molecule has 1 atom stereocenters. The van der Waals surface area contributed by atoms with Crippen LogP contribution in [0.4, 0.5) is 5.13 Å². The van der Waals surface area contributed by atoms with E-state index in [9.17, 15) is 23.1 Å². The monoisotopic (exact) mass is 645 g/mol. The standard InChI is InChI=1S/C33H28ClN3O5S2/c1-2-21-8-10-24(11-9-21)30-29(23-12-16-26(34)17-13-23)35-33(43-30)36-31(38)25-14-18-27(19-15-25)44(41,42)37-28(32(39)40)20-22-6-4-3-5-7-22/h3-19,28,37H,2,20H2,1H3,(H,39,40)(H,35,36,38)/t28-/m0/s1. The second-order valence-electron chi connectivity index (χ2n) is 9.93. The third kappa shape index (κ3) is 7.40. The zero-order chi connectivity index (χ0) is 31.3. The van der Waals surface area contributed by atoms with Crippen LogP contribution in [0.5, 0.6) is 0 Å². The number of anilines is 1. The van der Waals surface area contributed by atoms with Crippen LogP contribution in [0.15, 0.2) is 108 Å². The molecule has 0 spiro atoms. The summed E-state index contributed by atoms with van der Waals surface area (Å²) in [6, 6.07) is 28.1. The van der Waals surface area contributed by atoms with Crippen molar-refractivity contribution in [2.75, 3.05) is 5.32 Å². The predicted octanol–water partition coefficient (Wildman–Crippen LogP) is 6.92. The summed E-state index contributed by atoms with van der Waals surface area (Å²) >= 11 is 7.43. The Morgan fingerprint density at radius 1 is 0.864 bits per heavy atom. The van der Waals surface area contributed by atoms with Gasteiger partial charge in [-0.3, -0.25) is 14.9 Å². The number of aliphatic carboxylic acids is 1. The lowest BCUT2D eigenvalue weighted by molar-refractivity contribution is -0.138. The number of carbonyl (C=O) groups excluding carboxylic acids is 1. The van der Waals surface area contributed by atoms with Crippen molar-refractivity contribution in [2.45, 2.75) is 30.7 Å². The average Bonchev–Trinajstić information content (AvgIpc) is 3.45. The zero-order valence-electron chi connectivity index (χ0n) is 23.5. The van der Waals surface area contributed by atoms with Crippen LogP contribution in [0.25, 0.3) is 21.7 Å². The van der Waals surface area contributed by atoms with Gasteiger partial charge in [-0.15, -0.1) is 0 Å². The highest BCUT2D eigenvalue weighted by atomic mass is 35.5. The Kier molecular flexibility index (Phi) is 9.55. The first-order valence-electron chi connectivity index (χ1n) is 13.7. The molecule has 8 nitrogen and oxygen atoms in total. The van der Waals surface area contributed by atoms with Crippen molar-refractivity contribution >= 4 is 50.0 Å². The molecule has 0 fully saturated rings. The lowest BCUT2D eigenvalue weighted by Crippen LogP contribution is -2.42. The quantitative estimate of drug-likeness (QED) is 0.143. The number of hydrogen-bond donors (Lipinski definition) is 3. The van der Waals surface area contributed by atoms with Crippen LogP contribution in [0.1, 0.15) is 28.4 Å². The molecule has 5 aromatic rings. The first-order chi connectivity index (χ1) is 21.1. The molecule has 0 saturated carbocycles. The van der Waals surface area contributed by atoms with Gasteiger partial charge in [0.25, 0.3) is 5.91 Å². The summed E-state index contributed by atoms with van der Waals surface area (Å²) in [5.41, 5.74) is 4.59. The Bertz CT molecular complexity index is 1880. The third-order valence-electron chi connectivity index (χ3n) is 6.89. The minimum atomic E-state index is -4.18. The first-order valence-corrected chi connectivity index (χ1v) is 16.4. The summed E-state index contributed by atoms with van der Waals surface area (Å²) in [5, 5.41) is 13.4. The fourth-order valence-corrected chi connectivity index (χ4v) is 6.81. The summed E-state index contributed by atoms with van der Waals surface area (Å²) in [6.07, 6.45) is 0.894. The van der Waals surface area contributed by atoms with Crippen LogP contribution in [-0.4, -0.2) is 36.4 Å². The van der Waals surface area contributed by atoms with E-state index in [2.05, 4.69) is 29.1 Å². The van der Waals surface area contributed by atoms with Crippen LogP contribution in [-0.2, 0) is 27.7 Å². The maximum absolute atomic E-state index is 13.2. The topological polar surface area (TPSA) is 125 Å². The number of carboxylic acid groups (broad SMARTS) is 1. The molecule has 11 heteroatoms. The molecule has 0 radical (unpaired) electrons. The third-order valence-corrected chi connectivity index (χ3v) is 9.65. The number of aryl methyl sites for hydroxylation is 1. The number of rotatable bonds is 11. The molecule has 44 heavy (non-hydrogen) atoms. The van der Waals surface area contributed by atoms with Gasteiger partial charge in [0.05, 0.1) is 15.5 Å². The van der Waals surface area contributed by atoms with Gasteiger partial charge in [0.1, 0.15) is 6.04 Å². The van der Waals surface area contributed by atoms with Gasteiger partial charge in [-0.2, -0.15) is 4.72 Å². The highest BCUT2D eigenvalue weighted by Gasteiger charge is 2.26. The van der Waals surface area contributed by atoms with E-state index in [1.54, 1.807) is 42.5 Å². The molecule has 0 bridgehead atoms. The number of halogens is 1. The van der Waals surface area contributed by atoms with E-state index in [4.69, 9.17) is 16.6 Å². The molecule has 4 aromatic carbocycles. The molecule has 224 valence electrons. The van der Waals surface area contributed by atoms with Crippen LogP contribution in [0.3, 0.4) is 0 Å². The Morgan fingerprint density at radius 3 is 2.11 bits per heavy atom. The van der Waals surface area contributed by atoms with E-state index < -0.39 is 27.9 Å². The number of nitrogens with one attached hydrogen (secondary N) is 2. The summed E-state index contributed by atoms with van der Waals surface area (Å²) < 4.78 is 28.2. The predicted molar refractivity (Wildman–Crippen MR) is 174 cm³/mol. The summed E-state index contributed by atoms with van der Waals surface area (Å²) in [7, 11) is -4.18. The Labute approximate surface area is 264 Å².